The number of nitrogens with two attached hydrogens (primary N) is 1. The van der Waals surface area contributed by atoms with Crippen LogP contribution in [0.4, 0.5) is 0 Å². The maximum atomic E-state index is 12.6. The van der Waals surface area contributed by atoms with Crippen LogP contribution in [0.25, 0.3) is 0 Å². The molecular formula is C16H24N2O2. The Morgan fingerprint density at radius 1 is 1.35 bits per heavy atom. The van der Waals surface area contributed by atoms with Crippen LogP contribution in [0.5, 0.6) is 0 Å². The van der Waals surface area contributed by atoms with E-state index >= 15 is 0 Å². The SMILES string of the molecule is CN(CC1(O)CCCC1)C(=O)C(C)(N)c1ccccc1. The lowest BCUT2D eigenvalue weighted by molar-refractivity contribution is -0.138. The third-order valence-electron chi connectivity index (χ3n) is 4.23. The topological polar surface area (TPSA) is 66.6 Å². The van der Waals surface area contributed by atoms with Crippen LogP contribution in [0.2, 0.25) is 0 Å². The molecule has 1 atom stereocenters. The highest BCUT2D eigenvalue weighted by Crippen LogP contribution is 2.31. The van der Waals surface area contributed by atoms with Crippen molar-refractivity contribution in [2.75, 3.05) is 13.6 Å². The van der Waals surface area contributed by atoms with Gasteiger partial charge >= 0.3 is 0 Å². The number of benzene rings is 1. The molecule has 4 heteroatoms. The van der Waals surface area contributed by atoms with Gasteiger partial charge in [-0.25, -0.2) is 0 Å². The molecule has 0 bridgehead atoms. The van der Waals surface area contributed by atoms with Crippen molar-refractivity contribution < 1.29 is 9.90 Å². The lowest BCUT2D eigenvalue weighted by Gasteiger charge is -2.34. The van der Waals surface area contributed by atoms with Crippen molar-refractivity contribution in [3.8, 4) is 0 Å². The Hall–Kier alpha value is -1.39. The summed E-state index contributed by atoms with van der Waals surface area (Å²) in [4.78, 5) is 14.2. The maximum Gasteiger partial charge on any atom is 0.246 e. The molecule has 0 spiro atoms. The number of hydrogen-bond donors (Lipinski definition) is 2. The Bertz CT molecular complexity index is 465. The minimum absolute atomic E-state index is 0.163. The molecule has 1 aromatic rings. The fourth-order valence-corrected chi connectivity index (χ4v) is 3.01. The Kier molecular flexibility index (Phi) is 4.16. The zero-order valence-corrected chi connectivity index (χ0v) is 12.3. The average molecular weight is 276 g/mol. The lowest BCUT2D eigenvalue weighted by Crippen LogP contribution is -2.53. The average Bonchev–Trinajstić information content (AvgIpc) is 2.85. The molecule has 4 nitrogen and oxygen atoms in total. The highest BCUT2D eigenvalue weighted by atomic mass is 16.3. The van der Waals surface area contributed by atoms with E-state index in [9.17, 15) is 9.90 Å². The van der Waals surface area contributed by atoms with Gasteiger partial charge in [-0.3, -0.25) is 4.79 Å². The molecule has 110 valence electrons. The Morgan fingerprint density at radius 2 is 1.90 bits per heavy atom. The van der Waals surface area contributed by atoms with Crippen LogP contribution in [0, 0.1) is 0 Å². The number of carbonyl (C=O) groups is 1. The van der Waals surface area contributed by atoms with Crippen molar-refractivity contribution in [1.29, 1.82) is 0 Å². The van der Waals surface area contributed by atoms with E-state index in [1.165, 1.54) is 0 Å². The molecule has 2 rings (SSSR count). The highest BCUT2D eigenvalue weighted by molar-refractivity contribution is 5.87. The first-order chi connectivity index (χ1) is 9.35. The van der Waals surface area contributed by atoms with Crippen LogP contribution in [-0.4, -0.2) is 35.1 Å². The molecule has 0 heterocycles. The van der Waals surface area contributed by atoms with Crippen LogP contribution in [0.1, 0.15) is 38.2 Å². The van der Waals surface area contributed by atoms with E-state index in [0.717, 1.165) is 31.2 Å². The van der Waals surface area contributed by atoms with Gasteiger partial charge in [0.2, 0.25) is 5.91 Å². The molecule has 1 unspecified atom stereocenters. The van der Waals surface area contributed by atoms with Crippen molar-refractivity contribution >= 4 is 5.91 Å². The Morgan fingerprint density at radius 3 is 2.45 bits per heavy atom. The van der Waals surface area contributed by atoms with Gasteiger partial charge < -0.3 is 15.7 Å². The number of hydrogen-bond acceptors (Lipinski definition) is 3. The first-order valence-corrected chi connectivity index (χ1v) is 7.17. The van der Waals surface area contributed by atoms with E-state index in [1.54, 1.807) is 18.9 Å². The van der Waals surface area contributed by atoms with Gasteiger partial charge in [0.15, 0.2) is 0 Å². The van der Waals surface area contributed by atoms with E-state index < -0.39 is 11.1 Å². The van der Waals surface area contributed by atoms with E-state index in [1.807, 2.05) is 30.3 Å². The van der Waals surface area contributed by atoms with E-state index in [4.69, 9.17) is 5.73 Å². The number of rotatable bonds is 4. The summed E-state index contributed by atoms with van der Waals surface area (Å²) in [6, 6.07) is 9.36. The van der Waals surface area contributed by atoms with Crippen molar-refractivity contribution in [1.82, 2.24) is 4.90 Å². The van der Waals surface area contributed by atoms with Crippen molar-refractivity contribution in [2.24, 2.45) is 5.73 Å². The molecule has 1 aliphatic rings. The molecule has 20 heavy (non-hydrogen) atoms. The fourth-order valence-electron chi connectivity index (χ4n) is 3.01. The molecule has 1 amide bonds. The second-order valence-electron chi connectivity index (χ2n) is 6.16. The minimum Gasteiger partial charge on any atom is -0.388 e. The second-order valence-corrected chi connectivity index (χ2v) is 6.16. The summed E-state index contributed by atoms with van der Waals surface area (Å²) in [6.07, 6.45) is 3.57. The first kappa shape index (κ1) is 15.0. The summed E-state index contributed by atoms with van der Waals surface area (Å²) in [5.74, 6) is -0.163. The van der Waals surface area contributed by atoms with E-state index in [-0.39, 0.29) is 5.91 Å². The summed E-state index contributed by atoms with van der Waals surface area (Å²) in [7, 11) is 1.71. The molecule has 0 aromatic heterocycles. The molecule has 1 saturated carbocycles. The van der Waals surface area contributed by atoms with Crippen LogP contribution < -0.4 is 5.73 Å². The Labute approximate surface area is 120 Å². The van der Waals surface area contributed by atoms with E-state index in [0.29, 0.717) is 6.54 Å². The molecule has 1 aliphatic carbocycles. The van der Waals surface area contributed by atoms with Gasteiger partial charge in [-0.1, -0.05) is 43.2 Å². The summed E-state index contributed by atoms with van der Waals surface area (Å²) < 4.78 is 0. The summed E-state index contributed by atoms with van der Waals surface area (Å²) in [5, 5.41) is 10.4. The van der Waals surface area contributed by atoms with Crippen molar-refractivity contribution in [3.05, 3.63) is 35.9 Å². The summed E-state index contributed by atoms with van der Waals surface area (Å²) in [6.45, 7) is 2.07. The van der Waals surface area contributed by atoms with Gasteiger partial charge in [0.25, 0.3) is 0 Å². The van der Waals surface area contributed by atoms with Crippen molar-refractivity contribution in [3.63, 3.8) is 0 Å². The van der Waals surface area contributed by atoms with Gasteiger partial charge in [-0.15, -0.1) is 0 Å². The van der Waals surface area contributed by atoms with Gasteiger partial charge in [0.05, 0.1) is 5.60 Å². The fraction of sp³-hybridized carbons (Fsp3) is 0.562. The standard InChI is InChI=1S/C16H24N2O2/c1-15(17,13-8-4-3-5-9-13)14(19)18(2)12-16(20)10-6-7-11-16/h3-5,8-9,20H,6-7,10-12,17H2,1-2H3. The molecule has 0 saturated heterocycles. The third kappa shape index (κ3) is 3.02. The van der Waals surface area contributed by atoms with E-state index in [2.05, 4.69) is 0 Å². The zero-order valence-electron chi connectivity index (χ0n) is 12.3. The summed E-state index contributed by atoms with van der Waals surface area (Å²) >= 11 is 0. The molecular weight excluding hydrogens is 252 g/mol. The number of carbonyl (C=O) groups excluding carboxylic acids is 1. The largest absolute Gasteiger partial charge is 0.388 e. The minimum atomic E-state index is -1.06. The van der Waals surface area contributed by atoms with Gasteiger partial charge in [0, 0.05) is 13.6 Å². The number of nitrogens with zero attached hydrogens (tertiary/aromatic N) is 1. The number of likely N-dealkylation sites (N-methyl/N-ethyl adjacent to an activating group) is 1. The first-order valence-electron chi connectivity index (χ1n) is 7.17. The lowest BCUT2D eigenvalue weighted by atomic mass is 9.91. The van der Waals surface area contributed by atoms with Gasteiger partial charge in [-0.2, -0.15) is 0 Å². The smallest absolute Gasteiger partial charge is 0.246 e. The summed E-state index contributed by atoms with van der Waals surface area (Å²) in [5.41, 5.74) is 5.21. The monoisotopic (exact) mass is 276 g/mol. The Balaban J connectivity index is 2.10. The second kappa shape index (κ2) is 5.54. The third-order valence-corrected chi connectivity index (χ3v) is 4.23. The predicted molar refractivity (Wildman–Crippen MR) is 79.0 cm³/mol. The molecule has 3 N–H and O–H groups in total. The van der Waals surface area contributed by atoms with Crippen molar-refractivity contribution in [2.45, 2.75) is 43.7 Å². The zero-order chi connectivity index (χ0) is 14.8. The normalized spacial score (nSPS) is 20.4. The van der Waals surface area contributed by atoms with Crippen LogP contribution in [0.3, 0.4) is 0 Å². The predicted octanol–water partition coefficient (Wildman–Crippen LogP) is 1.62. The highest BCUT2D eigenvalue weighted by Gasteiger charge is 2.38. The molecule has 0 radical (unpaired) electrons. The van der Waals surface area contributed by atoms with Crippen LogP contribution in [0.15, 0.2) is 30.3 Å². The molecule has 1 fully saturated rings. The number of aliphatic hydroxyl groups is 1. The molecule has 1 aromatic carbocycles. The van der Waals surface area contributed by atoms with Gasteiger partial charge in [0.1, 0.15) is 5.54 Å². The maximum absolute atomic E-state index is 12.6. The van der Waals surface area contributed by atoms with Gasteiger partial charge in [-0.05, 0) is 25.3 Å². The number of amides is 1. The van der Waals surface area contributed by atoms with Crippen LogP contribution in [-0.2, 0) is 10.3 Å². The molecule has 0 aliphatic heterocycles. The quantitative estimate of drug-likeness (QED) is 0.878. The van der Waals surface area contributed by atoms with Crippen LogP contribution >= 0.6 is 0 Å².